The van der Waals surface area contributed by atoms with E-state index in [9.17, 15) is 0 Å². The summed E-state index contributed by atoms with van der Waals surface area (Å²) in [6.45, 7) is 4.75. The van der Waals surface area contributed by atoms with Crippen LogP contribution >= 0.6 is 0 Å². The fourth-order valence-corrected chi connectivity index (χ4v) is 13.5. The Morgan fingerprint density at radius 3 is 1.36 bits per heavy atom. The van der Waals surface area contributed by atoms with Crippen LogP contribution < -0.4 is 0 Å². The van der Waals surface area contributed by atoms with E-state index in [2.05, 4.69) is 269 Å². The fraction of sp³-hybridized carbons (Fsp3) is 0.0556. The van der Waals surface area contributed by atoms with Crippen LogP contribution in [0.25, 0.3) is 109 Å². The van der Waals surface area contributed by atoms with E-state index in [0.717, 1.165) is 0 Å². The molecule has 0 radical (unpaired) electrons. The molecule has 0 saturated carbocycles. The van der Waals surface area contributed by atoms with Gasteiger partial charge >= 0.3 is 0 Å². The van der Waals surface area contributed by atoms with E-state index in [1.807, 2.05) is 0 Å². The minimum Gasteiger partial charge on any atom is -0.0622 e. The van der Waals surface area contributed by atoms with Crippen LogP contribution in [-0.2, 0) is 10.8 Å². The molecule has 0 spiro atoms. The van der Waals surface area contributed by atoms with Crippen molar-refractivity contribution < 1.29 is 0 Å². The highest BCUT2D eigenvalue weighted by atomic mass is 14.5. The van der Waals surface area contributed by atoms with Crippen molar-refractivity contribution in [2.75, 3.05) is 0 Å². The van der Waals surface area contributed by atoms with Gasteiger partial charge in [-0.05, 0) is 173 Å². The molecular formula is C72H48. The molecular weight excluding hydrogens is 865 g/mol. The van der Waals surface area contributed by atoms with E-state index in [0.29, 0.717) is 0 Å². The molecule has 13 aromatic rings. The third kappa shape index (κ3) is 5.64. The standard InChI is InChI=1S/C72H48/c1-71(2)64-35-18-17-28-55(64)56-39-38-49(43-65(56)71)68-60-32-14-12-30-58(60)67(59-31-13-15-33-61(59)68)48-21-19-20-45(40-48)46-36-37-47-42-63-66(44-50(47)41-46)72(51-22-5-3-6-23-51,52-24-7-4-8-25-52)70-62-34-16-10-27-54(62)53-26-9-11-29-57(53)69(63)70/h3-44H,1-2H3. The van der Waals surface area contributed by atoms with Crippen molar-refractivity contribution in [2.24, 2.45) is 0 Å². The van der Waals surface area contributed by atoms with Gasteiger partial charge in [-0.2, -0.15) is 0 Å². The third-order valence-corrected chi connectivity index (χ3v) is 16.7. The van der Waals surface area contributed by atoms with Gasteiger partial charge in [0.2, 0.25) is 0 Å². The lowest BCUT2D eigenvalue weighted by Crippen LogP contribution is -2.28. The Balaban J connectivity index is 0.924. The first-order chi connectivity index (χ1) is 35.5. The minimum atomic E-state index is -0.559. The smallest absolute Gasteiger partial charge is 0.0622 e. The second kappa shape index (κ2) is 15.3. The molecule has 0 N–H and O–H groups in total. The van der Waals surface area contributed by atoms with E-state index in [4.69, 9.17) is 0 Å². The lowest BCUT2D eigenvalue weighted by Gasteiger charge is -2.35. The minimum absolute atomic E-state index is 0.0849. The maximum Gasteiger partial charge on any atom is 0.0720 e. The maximum atomic E-state index is 2.53. The van der Waals surface area contributed by atoms with Crippen molar-refractivity contribution in [2.45, 2.75) is 24.7 Å². The lowest BCUT2D eigenvalue weighted by atomic mass is 9.66. The number of fused-ring (bicyclic) bond motifs is 14. The van der Waals surface area contributed by atoms with Gasteiger partial charge in [0.25, 0.3) is 0 Å². The molecule has 2 aliphatic rings. The van der Waals surface area contributed by atoms with Crippen LogP contribution in [0.4, 0.5) is 0 Å². The van der Waals surface area contributed by atoms with Gasteiger partial charge in [0, 0.05) is 5.41 Å². The van der Waals surface area contributed by atoms with Gasteiger partial charge in [-0.25, -0.2) is 0 Å². The van der Waals surface area contributed by atoms with Crippen LogP contribution in [0.3, 0.4) is 0 Å². The summed E-state index contributed by atoms with van der Waals surface area (Å²) in [6.07, 6.45) is 0. The van der Waals surface area contributed by atoms with Gasteiger partial charge in [-0.15, -0.1) is 0 Å². The summed E-state index contributed by atoms with van der Waals surface area (Å²) in [4.78, 5) is 0. The zero-order valence-corrected chi connectivity index (χ0v) is 40.2. The SMILES string of the molecule is CC1(C)c2ccccc2-c2ccc(-c3c4ccccc4c(-c4cccc(-c5ccc6cc7c(cc6c5)C(c5ccccc5)(c5ccccc5)c5c-7c6ccccc6c6ccccc56)c4)c4ccccc34)cc21. The Labute approximate surface area is 420 Å². The topological polar surface area (TPSA) is 0 Å². The summed E-state index contributed by atoms with van der Waals surface area (Å²) in [7, 11) is 0. The molecule has 13 aromatic carbocycles. The molecule has 0 amide bonds. The molecule has 0 aromatic heterocycles. The number of hydrogen-bond acceptors (Lipinski definition) is 0. The average molecular weight is 913 g/mol. The number of hydrogen-bond donors (Lipinski definition) is 0. The fourth-order valence-electron chi connectivity index (χ4n) is 13.5. The zero-order valence-electron chi connectivity index (χ0n) is 40.2. The first-order valence-electron chi connectivity index (χ1n) is 25.4. The van der Waals surface area contributed by atoms with Crippen LogP contribution in [0.1, 0.15) is 47.2 Å². The highest BCUT2D eigenvalue weighted by Crippen LogP contribution is 2.61. The maximum absolute atomic E-state index is 2.53. The third-order valence-electron chi connectivity index (χ3n) is 16.7. The van der Waals surface area contributed by atoms with Crippen LogP contribution in [0.5, 0.6) is 0 Å². The first-order valence-corrected chi connectivity index (χ1v) is 25.4. The van der Waals surface area contributed by atoms with Crippen LogP contribution in [0.2, 0.25) is 0 Å². The quantitative estimate of drug-likeness (QED) is 0.119. The van der Waals surface area contributed by atoms with Crippen molar-refractivity contribution in [3.63, 3.8) is 0 Å². The van der Waals surface area contributed by atoms with Gasteiger partial charge in [0.15, 0.2) is 0 Å². The molecule has 0 unspecified atom stereocenters. The van der Waals surface area contributed by atoms with Crippen LogP contribution in [0.15, 0.2) is 255 Å². The Bertz CT molecular complexity index is 4300. The van der Waals surface area contributed by atoms with Crippen LogP contribution in [0, 0.1) is 0 Å². The number of rotatable bonds is 5. The van der Waals surface area contributed by atoms with Crippen molar-refractivity contribution in [1.82, 2.24) is 0 Å². The van der Waals surface area contributed by atoms with Crippen LogP contribution in [-0.4, -0.2) is 0 Å². The number of benzene rings is 13. The molecule has 0 heteroatoms. The summed E-state index contributed by atoms with van der Waals surface area (Å²) in [5, 5.41) is 12.7. The molecule has 0 saturated heterocycles. The molecule has 0 atom stereocenters. The molecule has 336 valence electrons. The van der Waals surface area contributed by atoms with E-state index in [1.165, 1.54) is 143 Å². The van der Waals surface area contributed by atoms with E-state index in [-0.39, 0.29) is 5.41 Å². The average Bonchev–Trinajstić information content (AvgIpc) is 3.87. The second-order valence-electron chi connectivity index (χ2n) is 20.6. The monoisotopic (exact) mass is 912 g/mol. The Morgan fingerprint density at radius 1 is 0.250 bits per heavy atom. The van der Waals surface area contributed by atoms with Crippen molar-refractivity contribution >= 4 is 53.9 Å². The van der Waals surface area contributed by atoms with Gasteiger partial charge in [0.05, 0.1) is 5.41 Å². The van der Waals surface area contributed by atoms with Crippen molar-refractivity contribution in [1.29, 1.82) is 0 Å². The summed E-state index contributed by atoms with van der Waals surface area (Å²) in [6, 6.07) is 96.2. The predicted molar refractivity (Wildman–Crippen MR) is 305 cm³/mol. The van der Waals surface area contributed by atoms with E-state index < -0.39 is 5.41 Å². The largest absolute Gasteiger partial charge is 0.0720 e. The van der Waals surface area contributed by atoms with Gasteiger partial charge < -0.3 is 0 Å². The molecule has 0 fully saturated rings. The molecule has 0 aliphatic heterocycles. The lowest BCUT2D eigenvalue weighted by molar-refractivity contribution is 0.660. The molecule has 0 heterocycles. The highest BCUT2D eigenvalue weighted by molar-refractivity contribution is 6.22. The Hall–Kier alpha value is -8.84. The molecule has 2 aliphatic carbocycles. The summed E-state index contributed by atoms with van der Waals surface area (Å²) in [5.74, 6) is 0. The van der Waals surface area contributed by atoms with Gasteiger partial charge in [-0.1, -0.05) is 238 Å². The van der Waals surface area contributed by atoms with Crippen molar-refractivity contribution in [3.8, 4) is 55.6 Å². The van der Waals surface area contributed by atoms with E-state index in [1.54, 1.807) is 0 Å². The summed E-state index contributed by atoms with van der Waals surface area (Å²) >= 11 is 0. The second-order valence-corrected chi connectivity index (χ2v) is 20.6. The summed E-state index contributed by atoms with van der Waals surface area (Å²) in [5.41, 5.74) is 20.2. The normalized spacial score (nSPS) is 13.9. The molecule has 0 nitrogen and oxygen atoms in total. The summed E-state index contributed by atoms with van der Waals surface area (Å²) < 4.78 is 0. The Morgan fingerprint density at radius 2 is 0.722 bits per heavy atom. The zero-order chi connectivity index (χ0) is 47.7. The van der Waals surface area contributed by atoms with Gasteiger partial charge in [0.1, 0.15) is 0 Å². The predicted octanol–water partition coefficient (Wildman–Crippen LogP) is 19.1. The molecule has 72 heavy (non-hydrogen) atoms. The molecule has 0 bridgehead atoms. The Kier molecular flexibility index (Phi) is 8.73. The van der Waals surface area contributed by atoms with Crippen molar-refractivity contribution in [3.05, 3.63) is 288 Å². The molecule has 15 rings (SSSR count). The van der Waals surface area contributed by atoms with Gasteiger partial charge in [-0.3, -0.25) is 0 Å². The highest BCUT2D eigenvalue weighted by Gasteiger charge is 2.48. The first kappa shape index (κ1) is 41.0. The van der Waals surface area contributed by atoms with E-state index >= 15 is 0 Å².